The molecule has 6 aromatic rings. The molecule has 6 nitrogen and oxygen atoms in total. The molecule has 2 aromatic heterocycles. The van der Waals surface area contributed by atoms with Gasteiger partial charge in [-0.1, -0.05) is 36.4 Å². The summed E-state index contributed by atoms with van der Waals surface area (Å²) >= 11 is 0. The van der Waals surface area contributed by atoms with E-state index in [0.29, 0.717) is 34.4 Å². The van der Waals surface area contributed by atoms with Gasteiger partial charge in [-0.15, -0.1) is 4.94 Å². The molecule has 0 aliphatic carbocycles. The Labute approximate surface area is 222 Å². The van der Waals surface area contributed by atoms with E-state index >= 15 is 0 Å². The highest BCUT2D eigenvalue weighted by atomic mass is 16.8. The molecule has 0 amide bonds. The van der Waals surface area contributed by atoms with Crippen molar-refractivity contribution >= 4 is 38.9 Å². The molecular formula is C31H24N4O2. The standard InChI is InChI=1S/C31H24N4O2/c1-21-16-17-32-31(18-21)34-27-11-4-3-10-25(27)26-15-14-24(20-30(26)34)36-23-9-7-8-22(19-23)35-29-13-6-5-12-28(29)33(2)37-35/h3-20H,1-2H3/i1D3,2D3. The second kappa shape index (κ2) is 8.40. The second-order valence-electron chi connectivity index (χ2n) is 8.69. The SMILES string of the molecule is [2H]C([2H])([2H])c1ccnc(-n2c3ccccc3c3ccc(Oc4cccc(N5ON(C([2H])([2H])[2H])c6ccccc65)c4)cc32)c1. The van der Waals surface area contributed by atoms with E-state index in [1.165, 1.54) is 17.3 Å². The zero-order valence-electron chi connectivity index (χ0n) is 25.5. The van der Waals surface area contributed by atoms with Gasteiger partial charge in [0.15, 0.2) is 0 Å². The van der Waals surface area contributed by atoms with E-state index in [1.807, 2.05) is 53.1 Å². The van der Waals surface area contributed by atoms with Crippen molar-refractivity contribution in [2.75, 3.05) is 17.1 Å². The average Bonchev–Trinajstić information content (AvgIpc) is 3.53. The van der Waals surface area contributed by atoms with Crippen LogP contribution in [0.5, 0.6) is 11.5 Å². The Morgan fingerprint density at radius 2 is 1.59 bits per heavy atom. The Balaban J connectivity index is 1.28. The van der Waals surface area contributed by atoms with Crippen LogP contribution in [0.25, 0.3) is 27.6 Å². The minimum Gasteiger partial charge on any atom is -0.457 e. The summed E-state index contributed by atoms with van der Waals surface area (Å²) in [6, 6.07) is 30.9. The van der Waals surface area contributed by atoms with Gasteiger partial charge in [0.1, 0.15) is 17.3 Å². The van der Waals surface area contributed by atoms with Crippen LogP contribution in [0.1, 0.15) is 13.8 Å². The maximum atomic E-state index is 7.88. The number of hydrogen-bond donors (Lipinski definition) is 0. The number of rotatable bonds is 4. The number of pyridine rings is 1. The minimum absolute atomic E-state index is 0.204. The van der Waals surface area contributed by atoms with Gasteiger partial charge in [0.2, 0.25) is 0 Å². The monoisotopic (exact) mass is 490 g/mol. The lowest BCUT2D eigenvalue weighted by atomic mass is 10.1. The van der Waals surface area contributed by atoms with Gasteiger partial charge in [-0.05, 0) is 67.0 Å². The van der Waals surface area contributed by atoms with E-state index in [0.717, 1.165) is 26.9 Å². The molecular weight excluding hydrogens is 460 g/mol. The maximum absolute atomic E-state index is 7.88. The number of hydrogen-bond acceptors (Lipinski definition) is 5. The first-order valence-corrected chi connectivity index (χ1v) is 11.7. The summed E-state index contributed by atoms with van der Waals surface area (Å²) in [5, 5.41) is 4.33. The number of aryl methyl sites for hydroxylation is 1. The van der Waals surface area contributed by atoms with Gasteiger partial charge in [0, 0.05) is 44.3 Å². The zero-order chi connectivity index (χ0) is 29.9. The quantitative estimate of drug-likeness (QED) is 0.253. The Morgan fingerprint density at radius 1 is 0.757 bits per heavy atom. The van der Waals surface area contributed by atoms with Crippen molar-refractivity contribution in [3.05, 3.63) is 115 Å². The number of para-hydroxylation sites is 3. The molecule has 0 saturated carbocycles. The van der Waals surface area contributed by atoms with Crippen LogP contribution in [-0.4, -0.2) is 16.5 Å². The number of aromatic nitrogens is 2. The van der Waals surface area contributed by atoms with Crippen molar-refractivity contribution in [2.24, 2.45) is 0 Å². The predicted octanol–water partition coefficient (Wildman–Crippen LogP) is 7.71. The Kier molecular flexibility index (Phi) is 3.64. The van der Waals surface area contributed by atoms with Crippen molar-refractivity contribution in [2.45, 2.75) is 6.85 Å². The number of fused-ring (bicyclic) bond motifs is 4. The van der Waals surface area contributed by atoms with E-state index in [-0.39, 0.29) is 5.56 Å². The van der Waals surface area contributed by atoms with Gasteiger partial charge < -0.3 is 4.74 Å². The first-order chi connectivity index (χ1) is 20.6. The number of ether oxygens (including phenoxy) is 1. The molecule has 7 rings (SSSR count). The topological polar surface area (TPSA) is 42.8 Å². The Morgan fingerprint density at radius 3 is 2.51 bits per heavy atom. The van der Waals surface area contributed by atoms with Crippen molar-refractivity contribution in [1.82, 2.24) is 9.55 Å². The summed E-state index contributed by atoms with van der Waals surface area (Å²) in [5.74, 6) is 1.55. The summed E-state index contributed by atoms with van der Waals surface area (Å²) in [6.45, 7) is -4.76. The molecule has 0 unspecified atom stereocenters. The lowest BCUT2D eigenvalue weighted by Gasteiger charge is -2.18. The van der Waals surface area contributed by atoms with Gasteiger partial charge in [0.05, 0.1) is 28.1 Å². The predicted molar refractivity (Wildman–Crippen MR) is 148 cm³/mol. The third-order valence-corrected chi connectivity index (χ3v) is 6.39. The van der Waals surface area contributed by atoms with Crippen LogP contribution in [0.2, 0.25) is 0 Å². The molecule has 1 aliphatic heterocycles. The van der Waals surface area contributed by atoms with Crippen molar-refractivity contribution in [1.29, 1.82) is 0 Å². The normalized spacial score (nSPS) is 16.0. The van der Waals surface area contributed by atoms with E-state index in [9.17, 15) is 0 Å². The number of nitrogens with zero attached hydrogens (tertiary/aromatic N) is 4. The van der Waals surface area contributed by atoms with Crippen molar-refractivity contribution in [3.63, 3.8) is 0 Å². The van der Waals surface area contributed by atoms with Crippen LogP contribution in [0, 0.1) is 6.85 Å². The van der Waals surface area contributed by atoms with Crippen LogP contribution in [-0.2, 0) is 4.94 Å². The van der Waals surface area contributed by atoms with Crippen LogP contribution >= 0.6 is 0 Å². The van der Waals surface area contributed by atoms with Crippen LogP contribution in [0.3, 0.4) is 0 Å². The lowest BCUT2D eigenvalue weighted by molar-refractivity contribution is 0.142. The number of benzene rings is 4. The first-order valence-electron chi connectivity index (χ1n) is 14.7. The van der Waals surface area contributed by atoms with E-state index < -0.39 is 13.8 Å². The first kappa shape index (κ1) is 16.0. The number of anilines is 3. The van der Waals surface area contributed by atoms with Gasteiger partial charge in [-0.3, -0.25) is 4.57 Å². The molecule has 4 aromatic carbocycles. The largest absolute Gasteiger partial charge is 0.457 e. The Hall–Kier alpha value is -4.81. The van der Waals surface area contributed by atoms with Crippen molar-refractivity contribution < 1.29 is 17.9 Å². The van der Waals surface area contributed by atoms with Crippen LogP contribution < -0.4 is 14.9 Å². The maximum Gasteiger partial charge on any atom is 0.137 e. The summed E-state index contributed by atoms with van der Waals surface area (Å²) < 4.78 is 55.5. The number of hydroxylamine groups is 1. The third kappa shape index (κ3) is 3.58. The molecule has 1 aliphatic rings. The molecule has 0 radical (unpaired) electrons. The van der Waals surface area contributed by atoms with E-state index in [2.05, 4.69) is 4.98 Å². The molecule has 37 heavy (non-hydrogen) atoms. The fourth-order valence-corrected chi connectivity index (χ4v) is 4.77. The molecule has 3 heterocycles. The molecule has 0 spiro atoms. The summed E-state index contributed by atoms with van der Waals surface area (Å²) in [4.78, 5) is 10.3. The summed E-state index contributed by atoms with van der Waals surface area (Å²) in [5.41, 5.74) is 3.50. The highest BCUT2D eigenvalue weighted by Gasteiger charge is 2.26. The molecule has 0 bridgehead atoms. The fraction of sp³-hybridized carbons (Fsp3) is 0.0645. The van der Waals surface area contributed by atoms with Crippen LogP contribution in [0.4, 0.5) is 17.1 Å². The second-order valence-corrected chi connectivity index (χ2v) is 8.69. The molecule has 0 N–H and O–H groups in total. The highest BCUT2D eigenvalue weighted by molar-refractivity contribution is 6.09. The minimum atomic E-state index is -2.50. The molecule has 6 heteroatoms. The highest BCUT2D eigenvalue weighted by Crippen LogP contribution is 2.42. The zero-order valence-corrected chi connectivity index (χ0v) is 19.5. The summed E-state index contributed by atoms with van der Waals surface area (Å²) in [7, 11) is 0. The Bertz CT molecular complexity index is 2000. The van der Waals surface area contributed by atoms with Crippen LogP contribution in [0.15, 0.2) is 109 Å². The lowest BCUT2D eigenvalue weighted by Crippen LogP contribution is -2.20. The fourth-order valence-electron chi connectivity index (χ4n) is 4.77. The van der Waals surface area contributed by atoms with E-state index in [4.69, 9.17) is 17.9 Å². The van der Waals surface area contributed by atoms with Gasteiger partial charge >= 0.3 is 0 Å². The molecule has 180 valence electrons. The smallest absolute Gasteiger partial charge is 0.137 e. The van der Waals surface area contributed by atoms with Crippen molar-refractivity contribution in [3.8, 4) is 17.3 Å². The summed E-state index contributed by atoms with van der Waals surface area (Å²) in [6.07, 6.45) is 1.51. The third-order valence-electron chi connectivity index (χ3n) is 6.39. The molecule has 0 fully saturated rings. The van der Waals surface area contributed by atoms with E-state index in [1.54, 1.807) is 48.5 Å². The van der Waals surface area contributed by atoms with Gasteiger partial charge in [-0.2, -0.15) is 5.06 Å². The van der Waals surface area contributed by atoms with Gasteiger partial charge in [0.25, 0.3) is 0 Å². The average molecular weight is 491 g/mol. The van der Waals surface area contributed by atoms with Gasteiger partial charge in [-0.25, -0.2) is 10.0 Å². The molecule has 0 saturated heterocycles. The molecule has 0 atom stereocenters.